The van der Waals surface area contributed by atoms with Gasteiger partial charge in [0.15, 0.2) is 5.84 Å². The number of hydrazine groups is 1. The molecular weight excluding hydrogens is 420 g/mol. The van der Waals surface area contributed by atoms with Crippen LogP contribution in [0.1, 0.15) is 36.2 Å². The summed E-state index contributed by atoms with van der Waals surface area (Å²) in [5, 5.41) is 11.9. The van der Waals surface area contributed by atoms with Crippen LogP contribution < -0.4 is 27.6 Å². The van der Waals surface area contributed by atoms with E-state index >= 15 is 0 Å². The van der Waals surface area contributed by atoms with Crippen LogP contribution in [0.4, 0.5) is 0 Å². The lowest BCUT2D eigenvalue weighted by atomic mass is 9.98. The second-order valence-corrected chi connectivity index (χ2v) is 7.99. The van der Waals surface area contributed by atoms with Crippen molar-refractivity contribution in [2.75, 3.05) is 13.2 Å². The Hall–Kier alpha value is -2.99. The van der Waals surface area contributed by atoms with Crippen LogP contribution in [-0.2, 0) is 14.8 Å². The number of nitrogens with one attached hydrogen (secondary N) is 2. The predicted molar refractivity (Wildman–Crippen MR) is 119 cm³/mol. The standard InChI is InChI=1S/C18H22N6O4S.C2H6/c19-17(23-24-20)16-14(2-1-3-15(16)29(21,26)27)11-4-6-12(7-5-11)18(25)22-13-8-9-28-10-13;1-2/h1-7,13,24H,8-10,20H2,(H2,19,23)(H,22,25)(H2,21,26,27);1-2H3. The number of nitrogens with zero attached hydrogens (tertiary/aromatic N) is 1. The predicted octanol–water partition coefficient (Wildman–Crippen LogP) is 0.630. The number of rotatable bonds is 6. The fraction of sp³-hybridized carbons (Fsp3) is 0.300. The highest BCUT2D eigenvalue weighted by Gasteiger charge is 2.22. The maximum atomic E-state index is 12.4. The number of sulfonamides is 1. The van der Waals surface area contributed by atoms with Crippen LogP contribution in [0.5, 0.6) is 0 Å². The number of carbonyl (C=O) groups is 1. The summed E-state index contributed by atoms with van der Waals surface area (Å²) in [7, 11) is -4.07. The van der Waals surface area contributed by atoms with Crippen molar-refractivity contribution in [1.82, 2.24) is 10.9 Å². The Balaban J connectivity index is 0.00000166. The molecule has 0 radical (unpaired) electrons. The topological polar surface area (TPSA) is 175 Å². The van der Waals surface area contributed by atoms with Crippen LogP contribution in [0, 0.1) is 0 Å². The molecule has 1 amide bonds. The van der Waals surface area contributed by atoms with Gasteiger partial charge in [0.2, 0.25) is 10.0 Å². The molecule has 0 bridgehead atoms. The molecule has 3 rings (SSSR count). The zero-order valence-corrected chi connectivity index (χ0v) is 18.3. The molecule has 8 N–H and O–H groups in total. The molecule has 2 aromatic rings. The lowest BCUT2D eigenvalue weighted by Gasteiger charge is -2.14. The number of hydrazone groups is 1. The van der Waals surface area contributed by atoms with Gasteiger partial charge >= 0.3 is 0 Å². The summed E-state index contributed by atoms with van der Waals surface area (Å²) >= 11 is 0. The molecule has 1 heterocycles. The summed E-state index contributed by atoms with van der Waals surface area (Å²) in [4.78, 5) is 12.2. The van der Waals surface area contributed by atoms with Gasteiger partial charge in [-0.05, 0) is 35.7 Å². The van der Waals surface area contributed by atoms with Gasteiger partial charge in [0.25, 0.3) is 5.91 Å². The van der Waals surface area contributed by atoms with Crippen LogP contribution in [0.15, 0.2) is 52.5 Å². The molecule has 168 valence electrons. The Bertz CT molecular complexity index is 1030. The molecule has 1 aliphatic heterocycles. The number of ether oxygens (including phenoxy) is 1. The average Bonchev–Trinajstić information content (AvgIpc) is 3.27. The van der Waals surface area contributed by atoms with Gasteiger partial charge in [-0.3, -0.25) is 4.79 Å². The lowest BCUT2D eigenvalue weighted by molar-refractivity contribution is 0.0930. The molecule has 0 aliphatic carbocycles. The molecular formula is C20H28N6O4S. The minimum Gasteiger partial charge on any atom is -0.382 e. The van der Waals surface area contributed by atoms with Gasteiger partial charge in [-0.25, -0.2) is 24.9 Å². The van der Waals surface area contributed by atoms with Crippen LogP contribution in [0.3, 0.4) is 0 Å². The Morgan fingerprint density at radius 3 is 2.39 bits per heavy atom. The Morgan fingerprint density at radius 1 is 1.16 bits per heavy atom. The molecule has 1 unspecified atom stereocenters. The summed E-state index contributed by atoms with van der Waals surface area (Å²) in [5.74, 6) is 4.83. The molecule has 0 spiro atoms. The molecule has 31 heavy (non-hydrogen) atoms. The number of amidine groups is 1. The van der Waals surface area contributed by atoms with Gasteiger partial charge in [-0.2, -0.15) is 0 Å². The van der Waals surface area contributed by atoms with Crippen LogP contribution in [0.25, 0.3) is 11.1 Å². The third-order valence-electron chi connectivity index (χ3n) is 4.50. The third-order valence-corrected chi connectivity index (χ3v) is 5.45. The van der Waals surface area contributed by atoms with Gasteiger partial charge < -0.3 is 15.8 Å². The first-order valence-electron chi connectivity index (χ1n) is 9.75. The fourth-order valence-corrected chi connectivity index (χ4v) is 3.88. The Kier molecular flexibility index (Phi) is 8.51. The smallest absolute Gasteiger partial charge is 0.251 e. The molecule has 1 atom stereocenters. The number of hydrogen-bond donors (Lipinski definition) is 5. The van der Waals surface area contributed by atoms with Crippen molar-refractivity contribution in [3.05, 3.63) is 53.6 Å². The summed E-state index contributed by atoms with van der Waals surface area (Å²) in [6, 6.07) is 11.2. The Morgan fingerprint density at radius 2 is 1.84 bits per heavy atom. The molecule has 0 aromatic heterocycles. The molecule has 0 saturated carbocycles. The van der Waals surface area contributed by atoms with E-state index < -0.39 is 10.0 Å². The van der Waals surface area contributed by atoms with Crippen LogP contribution in [-0.4, -0.2) is 39.4 Å². The number of carbonyl (C=O) groups excluding carboxylic acids is 1. The number of primary sulfonamides is 1. The van der Waals surface area contributed by atoms with Crippen molar-refractivity contribution in [1.29, 1.82) is 0 Å². The minimum absolute atomic E-state index is 0.00000535. The molecule has 1 aliphatic rings. The van der Waals surface area contributed by atoms with Crippen molar-refractivity contribution < 1.29 is 17.9 Å². The van der Waals surface area contributed by atoms with Crippen molar-refractivity contribution in [2.24, 2.45) is 21.8 Å². The third kappa shape index (κ3) is 6.01. The zero-order chi connectivity index (χ0) is 23.0. The maximum absolute atomic E-state index is 12.4. The zero-order valence-electron chi connectivity index (χ0n) is 17.5. The monoisotopic (exact) mass is 448 g/mol. The van der Waals surface area contributed by atoms with Crippen LogP contribution >= 0.6 is 0 Å². The lowest BCUT2D eigenvalue weighted by Crippen LogP contribution is -2.34. The Labute approximate surface area is 181 Å². The molecule has 11 heteroatoms. The first kappa shape index (κ1) is 24.3. The SMILES string of the molecule is CC.NN/N=C(\N)c1c(-c2ccc(C(=O)NC3CCOC3)cc2)cccc1S(N)(=O)=O. The average molecular weight is 449 g/mol. The van der Waals surface area contributed by atoms with E-state index in [1.54, 1.807) is 36.4 Å². The summed E-state index contributed by atoms with van der Waals surface area (Å²) < 4.78 is 29.3. The number of hydrogen-bond acceptors (Lipinski definition) is 7. The quantitative estimate of drug-likeness (QED) is 0.186. The summed E-state index contributed by atoms with van der Waals surface area (Å²) in [6.45, 7) is 5.13. The molecule has 10 nitrogen and oxygen atoms in total. The first-order chi connectivity index (χ1) is 14.8. The second kappa shape index (κ2) is 10.9. The molecule has 1 saturated heterocycles. The normalized spacial score (nSPS) is 16.3. The van der Waals surface area contributed by atoms with E-state index in [0.29, 0.717) is 29.9 Å². The van der Waals surface area contributed by atoms with Gasteiger partial charge in [0.05, 0.1) is 17.5 Å². The van der Waals surface area contributed by atoms with Crippen LogP contribution in [0.2, 0.25) is 0 Å². The molecule has 1 fully saturated rings. The second-order valence-electron chi connectivity index (χ2n) is 6.46. The highest BCUT2D eigenvalue weighted by atomic mass is 32.2. The minimum atomic E-state index is -4.07. The van der Waals surface area contributed by atoms with Gasteiger partial charge in [-0.15, -0.1) is 5.10 Å². The van der Waals surface area contributed by atoms with Gasteiger partial charge in [-0.1, -0.05) is 38.1 Å². The van der Waals surface area contributed by atoms with E-state index in [1.807, 2.05) is 19.4 Å². The summed E-state index contributed by atoms with van der Waals surface area (Å²) in [6.07, 6.45) is 0.779. The highest BCUT2D eigenvalue weighted by molar-refractivity contribution is 7.89. The van der Waals surface area contributed by atoms with E-state index in [9.17, 15) is 13.2 Å². The maximum Gasteiger partial charge on any atom is 0.251 e. The number of nitrogens with two attached hydrogens (primary N) is 3. The largest absolute Gasteiger partial charge is 0.382 e. The molecule has 2 aromatic carbocycles. The van der Waals surface area contributed by atoms with E-state index in [4.69, 9.17) is 21.5 Å². The van der Waals surface area contributed by atoms with Crippen molar-refractivity contribution in [2.45, 2.75) is 31.2 Å². The van der Waals surface area contributed by atoms with Gasteiger partial charge in [0, 0.05) is 17.7 Å². The van der Waals surface area contributed by atoms with E-state index in [0.717, 1.165) is 6.42 Å². The highest BCUT2D eigenvalue weighted by Crippen LogP contribution is 2.28. The number of amides is 1. The van der Waals surface area contributed by atoms with Gasteiger partial charge in [0.1, 0.15) is 0 Å². The first-order valence-corrected chi connectivity index (χ1v) is 11.3. The van der Waals surface area contributed by atoms with Crippen molar-refractivity contribution in [3.63, 3.8) is 0 Å². The summed E-state index contributed by atoms with van der Waals surface area (Å²) in [5.41, 5.74) is 9.66. The van der Waals surface area contributed by atoms with Crippen molar-refractivity contribution in [3.8, 4) is 11.1 Å². The van der Waals surface area contributed by atoms with E-state index in [2.05, 4.69) is 10.4 Å². The van der Waals surface area contributed by atoms with E-state index in [-0.39, 0.29) is 28.2 Å². The number of benzene rings is 2. The van der Waals surface area contributed by atoms with E-state index in [1.165, 1.54) is 6.07 Å². The fourth-order valence-electron chi connectivity index (χ4n) is 3.12. The van der Waals surface area contributed by atoms with Crippen molar-refractivity contribution >= 4 is 21.8 Å².